The molecule has 84 valence electrons. The molecule has 0 aliphatic heterocycles. The molecule has 5 heteroatoms. The van der Waals surface area contributed by atoms with Gasteiger partial charge in [-0.05, 0) is 12.8 Å². The lowest BCUT2D eigenvalue weighted by atomic mass is 10.3. The molecule has 0 radical (unpaired) electrons. The quantitative estimate of drug-likeness (QED) is 0.722. The molecule has 0 saturated heterocycles. The molecule has 0 unspecified atom stereocenters. The number of aromatic nitrogens is 2. The van der Waals surface area contributed by atoms with Gasteiger partial charge in [-0.25, -0.2) is 9.97 Å². The highest BCUT2D eigenvalue weighted by Crippen LogP contribution is 2.23. The first-order chi connectivity index (χ1) is 7.79. The first kappa shape index (κ1) is 10.6. The van der Waals surface area contributed by atoms with Crippen LogP contribution >= 0.6 is 0 Å². The van der Waals surface area contributed by atoms with Crippen LogP contribution in [-0.4, -0.2) is 28.5 Å². The van der Waals surface area contributed by atoms with Crippen molar-refractivity contribution in [2.75, 3.05) is 11.9 Å². The summed E-state index contributed by atoms with van der Waals surface area (Å²) in [4.78, 5) is 19.6. The Kier molecular flexibility index (Phi) is 3.14. The van der Waals surface area contributed by atoms with Gasteiger partial charge in [-0.3, -0.25) is 4.79 Å². The Hall–Kier alpha value is -1.91. The van der Waals surface area contributed by atoms with E-state index in [9.17, 15) is 4.79 Å². The first-order valence-corrected chi connectivity index (χ1v) is 5.27. The fourth-order valence-corrected chi connectivity index (χ4v) is 1.25. The van der Waals surface area contributed by atoms with Crippen molar-refractivity contribution in [2.24, 2.45) is 0 Å². The van der Waals surface area contributed by atoms with Crippen LogP contribution in [0.4, 0.5) is 5.82 Å². The summed E-state index contributed by atoms with van der Waals surface area (Å²) in [7, 11) is 0. The van der Waals surface area contributed by atoms with Crippen molar-refractivity contribution < 1.29 is 4.79 Å². The van der Waals surface area contributed by atoms with E-state index in [1.807, 2.05) is 0 Å². The van der Waals surface area contributed by atoms with Gasteiger partial charge < -0.3 is 10.6 Å². The summed E-state index contributed by atoms with van der Waals surface area (Å²) in [5.41, 5.74) is 0.375. The highest BCUT2D eigenvalue weighted by Gasteiger charge is 2.21. The predicted octanol–water partition coefficient (Wildman–Crippen LogP) is 0.967. The molecule has 0 bridgehead atoms. The van der Waals surface area contributed by atoms with Gasteiger partial charge in [0.2, 0.25) is 0 Å². The Morgan fingerprint density at radius 1 is 1.56 bits per heavy atom. The average Bonchev–Trinajstić information content (AvgIpc) is 3.10. The minimum Gasteiger partial charge on any atom is -0.367 e. The van der Waals surface area contributed by atoms with Gasteiger partial charge in [0.1, 0.15) is 17.8 Å². The van der Waals surface area contributed by atoms with E-state index in [4.69, 9.17) is 0 Å². The minimum atomic E-state index is -0.207. The molecular formula is C11H14N4O. The highest BCUT2D eigenvalue weighted by atomic mass is 16.1. The Morgan fingerprint density at radius 2 is 2.38 bits per heavy atom. The van der Waals surface area contributed by atoms with Gasteiger partial charge in [0.25, 0.3) is 5.91 Å². The third-order valence-corrected chi connectivity index (χ3v) is 2.24. The molecule has 1 aromatic rings. The number of nitrogens with one attached hydrogen (secondary N) is 2. The van der Waals surface area contributed by atoms with E-state index in [1.165, 1.54) is 19.2 Å². The summed E-state index contributed by atoms with van der Waals surface area (Å²) in [5, 5.41) is 5.89. The van der Waals surface area contributed by atoms with Crippen molar-refractivity contribution >= 4 is 11.7 Å². The maximum atomic E-state index is 11.6. The van der Waals surface area contributed by atoms with Crippen LogP contribution in [0, 0.1) is 0 Å². The van der Waals surface area contributed by atoms with Crippen LogP contribution in [0.15, 0.2) is 25.0 Å². The standard InChI is InChI=1S/C11H14N4O/c1-2-5-12-11(16)9-6-10(14-7-13-9)15-8-3-4-8/h2,6-8H,1,3-5H2,(H,12,16)(H,13,14,15). The van der Waals surface area contributed by atoms with Crippen molar-refractivity contribution in [1.29, 1.82) is 0 Å². The maximum absolute atomic E-state index is 11.6. The number of nitrogens with zero attached hydrogens (tertiary/aromatic N) is 2. The molecular weight excluding hydrogens is 204 g/mol. The van der Waals surface area contributed by atoms with E-state index in [2.05, 4.69) is 27.2 Å². The summed E-state index contributed by atoms with van der Waals surface area (Å²) >= 11 is 0. The Morgan fingerprint density at radius 3 is 3.06 bits per heavy atom. The molecule has 1 fully saturated rings. The lowest BCUT2D eigenvalue weighted by Gasteiger charge is -2.05. The van der Waals surface area contributed by atoms with Crippen LogP contribution < -0.4 is 10.6 Å². The topological polar surface area (TPSA) is 66.9 Å². The van der Waals surface area contributed by atoms with Gasteiger partial charge in [-0.2, -0.15) is 0 Å². The van der Waals surface area contributed by atoms with Gasteiger partial charge in [0.05, 0.1) is 0 Å². The number of carbonyl (C=O) groups excluding carboxylic acids is 1. The first-order valence-electron chi connectivity index (χ1n) is 5.27. The largest absolute Gasteiger partial charge is 0.367 e. The fourth-order valence-electron chi connectivity index (χ4n) is 1.25. The van der Waals surface area contributed by atoms with Crippen molar-refractivity contribution in [1.82, 2.24) is 15.3 Å². The Labute approximate surface area is 94.0 Å². The van der Waals surface area contributed by atoms with Gasteiger partial charge in [-0.1, -0.05) is 6.08 Å². The van der Waals surface area contributed by atoms with Gasteiger partial charge in [0, 0.05) is 18.7 Å². The Balaban J connectivity index is 2.01. The molecule has 1 aliphatic rings. The second kappa shape index (κ2) is 4.74. The number of amides is 1. The number of anilines is 1. The van der Waals surface area contributed by atoms with E-state index in [0.717, 1.165) is 0 Å². The zero-order chi connectivity index (χ0) is 11.4. The smallest absolute Gasteiger partial charge is 0.270 e. The monoisotopic (exact) mass is 218 g/mol. The Bertz CT molecular complexity index is 401. The summed E-state index contributed by atoms with van der Waals surface area (Å²) in [6.45, 7) is 3.97. The number of hydrogen-bond donors (Lipinski definition) is 2. The van der Waals surface area contributed by atoms with Crippen LogP contribution in [0.5, 0.6) is 0 Å². The summed E-state index contributed by atoms with van der Waals surface area (Å²) in [5.74, 6) is 0.502. The fraction of sp³-hybridized carbons (Fsp3) is 0.364. The number of hydrogen-bond acceptors (Lipinski definition) is 4. The molecule has 1 amide bonds. The van der Waals surface area contributed by atoms with Crippen molar-refractivity contribution in [3.05, 3.63) is 30.7 Å². The van der Waals surface area contributed by atoms with Gasteiger partial charge in [0.15, 0.2) is 0 Å². The molecule has 2 N–H and O–H groups in total. The van der Waals surface area contributed by atoms with E-state index < -0.39 is 0 Å². The summed E-state index contributed by atoms with van der Waals surface area (Å²) < 4.78 is 0. The molecule has 0 aromatic carbocycles. The minimum absolute atomic E-state index is 0.207. The van der Waals surface area contributed by atoms with Crippen LogP contribution in [0.25, 0.3) is 0 Å². The number of carbonyl (C=O) groups is 1. The third kappa shape index (κ3) is 2.79. The summed E-state index contributed by atoms with van der Waals surface area (Å²) in [6.07, 6.45) is 5.36. The second-order valence-corrected chi connectivity index (χ2v) is 3.71. The SMILES string of the molecule is C=CCNC(=O)c1cc(NC2CC2)ncn1. The molecule has 1 saturated carbocycles. The van der Waals surface area contributed by atoms with E-state index >= 15 is 0 Å². The normalized spacial score (nSPS) is 14.2. The van der Waals surface area contributed by atoms with Crippen molar-refractivity contribution in [3.8, 4) is 0 Å². The van der Waals surface area contributed by atoms with E-state index in [1.54, 1.807) is 12.1 Å². The molecule has 0 atom stereocenters. The third-order valence-electron chi connectivity index (χ3n) is 2.24. The lowest BCUT2D eigenvalue weighted by Crippen LogP contribution is -2.24. The second-order valence-electron chi connectivity index (χ2n) is 3.71. The molecule has 1 heterocycles. The van der Waals surface area contributed by atoms with E-state index in [-0.39, 0.29) is 5.91 Å². The van der Waals surface area contributed by atoms with Crippen LogP contribution in [0.2, 0.25) is 0 Å². The molecule has 0 spiro atoms. The zero-order valence-electron chi connectivity index (χ0n) is 8.94. The van der Waals surface area contributed by atoms with Gasteiger partial charge >= 0.3 is 0 Å². The molecule has 16 heavy (non-hydrogen) atoms. The van der Waals surface area contributed by atoms with Crippen molar-refractivity contribution in [3.63, 3.8) is 0 Å². The zero-order valence-corrected chi connectivity index (χ0v) is 8.94. The van der Waals surface area contributed by atoms with Gasteiger partial charge in [-0.15, -0.1) is 6.58 Å². The lowest BCUT2D eigenvalue weighted by molar-refractivity contribution is 0.0953. The summed E-state index contributed by atoms with van der Waals surface area (Å²) in [6, 6.07) is 2.18. The van der Waals surface area contributed by atoms with Crippen molar-refractivity contribution in [2.45, 2.75) is 18.9 Å². The van der Waals surface area contributed by atoms with E-state index in [0.29, 0.717) is 24.1 Å². The maximum Gasteiger partial charge on any atom is 0.270 e. The molecule has 1 aromatic heterocycles. The van der Waals surface area contributed by atoms with Crippen LogP contribution in [0.1, 0.15) is 23.3 Å². The van der Waals surface area contributed by atoms with Crippen LogP contribution in [0.3, 0.4) is 0 Å². The highest BCUT2D eigenvalue weighted by molar-refractivity contribution is 5.92. The number of rotatable bonds is 5. The molecule has 1 aliphatic carbocycles. The molecule has 5 nitrogen and oxygen atoms in total. The predicted molar refractivity (Wildman–Crippen MR) is 61.2 cm³/mol. The van der Waals surface area contributed by atoms with Crippen LogP contribution in [-0.2, 0) is 0 Å². The molecule has 2 rings (SSSR count). The average molecular weight is 218 g/mol.